The molecule has 0 bridgehead atoms. The lowest BCUT2D eigenvalue weighted by molar-refractivity contribution is 0.536. The van der Waals surface area contributed by atoms with Crippen LogP contribution in [0.2, 0.25) is 0 Å². The summed E-state index contributed by atoms with van der Waals surface area (Å²) in [6, 6.07) is 0. The number of imidazole rings is 1. The molecule has 0 saturated carbocycles. The van der Waals surface area contributed by atoms with Crippen molar-refractivity contribution in [2.75, 3.05) is 6.54 Å². The number of rotatable bonds is 5. The average molecular weight is 262 g/mol. The number of fused-ring (bicyclic) bond motifs is 1. The predicted molar refractivity (Wildman–Crippen MR) is 69.5 cm³/mol. The second-order valence-corrected chi connectivity index (χ2v) is 4.92. The summed E-state index contributed by atoms with van der Waals surface area (Å²) >= 11 is 1.66. The first-order chi connectivity index (χ1) is 8.84. The van der Waals surface area contributed by atoms with Crippen molar-refractivity contribution in [2.24, 2.45) is 0 Å². The molecule has 1 N–H and O–H groups in total. The smallest absolute Gasteiger partial charge is 0.194 e. The molecule has 0 atom stereocenters. The van der Waals surface area contributed by atoms with E-state index in [0.717, 1.165) is 30.3 Å². The molecule has 7 heteroatoms. The predicted octanol–water partition coefficient (Wildman–Crippen LogP) is 1.09. The normalized spacial score (nSPS) is 11.4. The van der Waals surface area contributed by atoms with Gasteiger partial charge in [-0.25, -0.2) is 4.98 Å². The van der Waals surface area contributed by atoms with Crippen molar-refractivity contribution in [1.29, 1.82) is 0 Å². The molecular weight excluding hydrogens is 248 g/mol. The second kappa shape index (κ2) is 4.87. The molecule has 94 valence electrons. The van der Waals surface area contributed by atoms with Gasteiger partial charge in [0.25, 0.3) is 0 Å². The minimum absolute atomic E-state index is 0.818. The van der Waals surface area contributed by atoms with Gasteiger partial charge in [0.15, 0.2) is 4.96 Å². The van der Waals surface area contributed by atoms with Gasteiger partial charge in [0.2, 0.25) is 0 Å². The maximum atomic E-state index is 4.52. The minimum Gasteiger partial charge on any atom is -0.309 e. The molecule has 3 heterocycles. The van der Waals surface area contributed by atoms with Crippen LogP contribution in [-0.4, -0.2) is 30.9 Å². The Labute approximate surface area is 108 Å². The Morgan fingerprint density at radius 3 is 3.17 bits per heavy atom. The van der Waals surface area contributed by atoms with Crippen LogP contribution in [0.25, 0.3) is 4.96 Å². The van der Waals surface area contributed by atoms with Gasteiger partial charge in [0.05, 0.1) is 24.1 Å². The fourth-order valence-electron chi connectivity index (χ4n) is 1.91. The zero-order valence-electron chi connectivity index (χ0n) is 10.1. The van der Waals surface area contributed by atoms with Crippen molar-refractivity contribution in [3.8, 4) is 0 Å². The first-order valence-electron chi connectivity index (χ1n) is 5.80. The van der Waals surface area contributed by atoms with Gasteiger partial charge < -0.3 is 5.32 Å². The summed E-state index contributed by atoms with van der Waals surface area (Å²) in [5.74, 6) is 0. The molecule has 3 rings (SSSR count). The Bertz CT molecular complexity index is 623. The molecule has 0 aliphatic rings. The molecule has 0 aromatic carbocycles. The summed E-state index contributed by atoms with van der Waals surface area (Å²) in [4.78, 5) is 5.57. The van der Waals surface area contributed by atoms with Crippen LogP contribution in [0, 0.1) is 6.92 Å². The van der Waals surface area contributed by atoms with Crippen molar-refractivity contribution >= 4 is 16.3 Å². The van der Waals surface area contributed by atoms with Crippen LogP contribution in [0.1, 0.15) is 11.4 Å². The molecule has 0 amide bonds. The van der Waals surface area contributed by atoms with Gasteiger partial charge in [-0.3, -0.25) is 9.08 Å². The van der Waals surface area contributed by atoms with E-state index in [1.54, 1.807) is 17.5 Å². The van der Waals surface area contributed by atoms with Crippen molar-refractivity contribution in [3.05, 3.63) is 35.4 Å². The largest absolute Gasteiger partial charge is 0.309 e. The molecule has 0 spiro atoms. The first-order valence-corrected chi connectivity index (χ1v) is 6.68. The second-order valence-electron chi connectivity index (χ2n) is 4.04. The minimum atomic E-state index is 0.818. The molecular formula is C11H14N6S. The Hall–Kier alpha value is -1.73. The zero-order valence-corrected chi connectivity index (χ0v) is 10.9. The van der Waals surface area contributed by atoms with Gasteiger partial charge >= 0.3 is 0 Å². The number of thiazole rings is 1. The third-order valence-corrected chi connectivity index (χ3v) is 3.60. The van der Waals surface area contributed by atoms with Crippen LogP contribution in [-0.2, 0) is 13.1 Å². The quantitative estimate of drug-likeness (QED) is 0.699. The van der Waals surface area contributed by atoms with Gasteiger partial charge in [-0.05, 0) is 6.92 Å². The Morgan fingerprint density at radius 1 is 1.39 bits per heavy atom. The lowest BCUT2D eigenvalue weighted by Crippen LogP contribution is -2.21. The number of nitrogens with zero attached hydrogens (tertiary/aromatic N) is 5. The number of aryl methyl sites for hydroxylation is 1. The Morgan fingerprint density at radius 2 is 2.33 bits per heavy atom. The van der Waals surface area contributed by atoms with Crippen LogP contribution >= 0.6 is 11.3 Å². The highest BCUT2D eigenvalue weighted by Gasteiger charge is 2.08. The van der Waals surface area contributed by atoms with E-state index in [1.807, 2.05) is 17.8 Å². The monoisotopic (exact) mass is 262 g/mol. The summed E-state index contributed by atoms with van der Waals surface area (Å²) in [6.07, 6.45) is 5.62. The third-order valence-electron chi connectivity index (χ3n) is 2.84. The highest BCUT2D eigenvalue weighted by molar-refractivity contribution is 7.15. The van der Waals surface area contributed by atoms with E-state index >= 15 is 0 Å². The highest BCUT2D eigenvalue weighted by Crippen LogP contribution is 2.16. The van der Waals surface area contributed by atoms with Crippen LogP contribution in [0.4, 0.5) is 0 Å². The van der Waals surface area contributed by atoms with Crippen molar-refractivity contribution in [3.63, 3.8) is 0 Å². The van der Waals surface area contributed by atoms with Crippen molar-refractivity contribution in [2.45, 2.75) is 20.0 Å². The van der Waals surface area contributed by atoms with Crippen molar-refractivity contribution in [1.82, 2.24) is 29.7 Å². The summed E-state index contributed by atoms with van der Waals surface area (Å²) in [7, 11) is 0. The summed E-state index contributed by atoms with van der Waals surface area (Å²) in [5.41, 5.74) is 2.32. The third kappa shape index (κ3) is 2.14. The standard InChI is InChI=1S/C11H14N6S/c1-9-10(17-6-7-18-11(17)14-9)8-12-2-4-16-5-3-13-15-16/h3,5-7,12H,2,4,8H2,1H3. The molecule has 3 aromatic heterocycles. The zero-order chi connectivity index (χ0) is 12.4. The topological polar surface area (TPSA) is 60.0 Å². The van der Waals surface area contributed by atoms with Gasteiger partial charge in [0, 0.05) is 30.9 Å². The van der Waals surface area contributed by atoms with E-state index < -0.39 is 0 Å². The first kappa shape index (κ1) is 11.4. The number of aromatic nitrogens is 5. The Kier molecular flexibility index (Phi) is 3.07. The molecule has 0 unspecified atom stereocenters. The van der Waals surface area contributed by atoms with E-state index in [2.05, 4.69) is 36.6 Å². The molecule has 3 aromatic rings. The van der Waals surface area contributed by atoms with Gasteiger partial charge in [0.1, 0.15) is 0 Å². The fourth-order valence-corrected chi connectivity index (χ4v) is 2.68. The number of hydrogen-bond acceptors (Lipinski definition) is 5. The summed E-state index contributed by atoms with van der Waals surface area (Å²) < 4.78 is 3.96. The van der Waals surface area contributed by atoms with E-state index in [4.69, 9.17) is 0 Å². The molecule has 6 nitrogen and oxygen atoms in total. The van der Waals surface area contributed by atoms with Crippen molar-refractivity contribution < 1.29 is 0 Å². The fraction of sp³-hybridized carbons (Fsp3) is 0.364. The summed E-state index contributed by atoms with van der Waals surface area (Å²) in [6.45, 7) is 4.55. The molecule has 0 saturated heterocycles. The van der Waals surface area contributed by atoms with Gasteiger partial charge in [-0.2, -0.15) is 0 Å². The van der Waals surface area contributed by atoms with E-state index in [-0.39, 0.29) is 0 Å². The molecule has 0 radical (unpaired) electrons. The van der Waals surface area contributed by atoms with Gasteiger partial charge in [-0.1, -0.05) is 5.21 Å². The maximum Gasteiger partial charge on any atom is 0.194 e. The molecule has 0 aliphatic heterocycles. The van der Waals surface area contributed by atoms with Gasteiger partial charge in [-0.15, -0.1) is 16.4 Å². The Balaban J connectivity index is 1.59. The average Bonchev–Trinajstić information content (AvgIpc) is 3.03. The lowest BCUT2D eigenvalue weighted by atomic mass is 10.3. The van der Waals surface area contributed by atoms with Crippen LogP contribution in [0.15, 0.2) is 24.0 Å². The van der Waals surface area contributed by atoms with E-state index in [1.165, 1.54) is 5.69 Å². The van der Waals surface area contributed by atoms with Crippen LogP contribution in [0.3, 0.4) is 0 Å². The molecule has 0 aliphatic carbocycles. The summed E-state index contributed by atoms with van der Waals surface area (Å²) in [5, 5.41) is 13.2. The SMILES string of the molecule is Cc1nc2sccn2c1CNCCn1ccnn1. The van der Waals surface area contributed by atoms with Crippen LogP contribution in [0.5, 0.6) is 0 Å². The lowest BCUT2D eigenvalue weighted by Gasteiger charge is -2.04. The van der Waals surface area contributed by atoms with E-state index in [0.29, 0.717) is 0 Å². The molecule has 18 heavy (non-hydrogen) atoms. The van der Waals surface area contributed by atoms with Crippen LogP contribution < -0.4 is 5.32 Å². The maximum absolute atomic E-state index is 4.52. The number of nitrogens with one attached hydrogen (secondary N) is 1. The number of hydrogen-bond donors (Lipinski definition) is 1. The van der Waals surface area contributed by atoms with E-state index in [9.17, 15) is 0 Å². The highest BCUT2D eigenvalue weighted by atomic mass is 32.1. The molecule has 0 fully saturated rings.